The van der Waals surface area contributed by atoms with Crippen LogP contribution >= 0.6 is 11.6 Å². The molecule has 4 aliphatic carbocycles. The van der Waals surface area contributed by atoms with E-state index >= 15 is 0 Å². The molecule has 0 heterocycles. The largest absolute Gasteiger partial charge is 0.441 e. The summed E-state index contributed by atoms with van der Waals surface area (Å²) in [7, 11) is 1.56. The molecule has 142 valence electrons. The first-order valence-corrected chi connectivity index (χ1v) is 10.1. The average Bonchev–Trinajstić information content (AvgIpc) is 2.60. The second kappa shape index (κ2) is 7.14. The molecular weight excluding hydrogens is 352 g/mol. The van der Waals surface area contributed by atoms with Crippen LogP contribution in [0.5, 0.6) is 5.75 Å². The highest BCUT2D eigenvalue weighted by molar-refractivity contribution is 6.67. The third-order valence-corrected chi connectivity index (χ3v) is 6.75. The van der Waals surface area contributed by atoms with E-state index in [4.69, 9.17) is 25.8 Å². The van der Waals surface area contributed by atoms with E-state index in [0.29, 0.717) is 17.9 Å². The fourth-order valence-corrected chi connectivity index (χ4v) is 6.13. The van der Waals surface area contributed by atoms with E-state index in [1.54, 1.807) is 13.2 Å². The van der Waals surface area contributed by atoms with Crippen molar-refractivity contribution in [1.82, 2.24) is 0 Å². The summed E-state index contributed by atoms with van der Waals surface area (Å²) >= 11 is 5.72. The van der Waals surface area contributed by atoms with Crippen molar-refractivity contribution in [2.75, 3.05) is 13.7 Å². The number of methoxy groups -OCH3 is 1. The second-order valence-corrected chi connectivity index (χ2v) is 8.62. The molecule has 4 nitrogen and oxygen atoms in total. The molecule has 1 atom stereocenters. The molecule has 1 unspecified atom stereocenters. The van der Waals surface area contributed by atoms with Crippen LogP contribution in [0.3, 0.4) is 0 Å². The van der Waals surface area contributed by atoms with Crippen molar-refractivity contribution in [1.29, 1.82) is 0 Å². The Kier molecular flexibility index (Phi) is 5.02. The monoisotopic (exact) mass is 378 g/mol. The Labute approximate surface area is 160 Å². The molecule has 0 radical (unpaired) electrons. The number of hydrogen-bond acceptors (Lipinski definition) is 4. The van der Waals surface area contributed by atoms with Gasteiger partial charge in [0.2, 0.25) is 0 Å². The van der Waals surface area contributed by atoms with Gasteiger partial charge in [-0.25, -0.2) is 0 Å². The maximum absolute atomic E-state index is 11.7. The summed E-state index contributed by atoms with van der Waals surface area (Å²) < 4.78 is 16.9. The van der Waals surface area contributed by atoms with Gasteiger partial charge < -0.3 is 14.2 Å². The molecule has 0 spiro atoms. The molecule has 26 heavy (non-hydrogen) atoms. The standard InChI is InChI=1S/C21H27ClO4/c1-3-25-20(24-2)26-18-9-16(19(22)23)4-5-17(18)21-10-13-6-14(11-21)8-15(7-13)12-21/h4-5,9,13-15,20H,3,6-8,10-12H2,1-2H3. The third kappa shape index (κ3) is 3.28. The lowest BCUT2D eigenvalue weighted by Crippen LogP contribution is -2.48. The maximum atomic E-state index is 11.7. The highest BCUT2D eigenvalue weighted by Gasteiger charge is 2.52. The van der Waals surface area contributed by atoms with Crippen LogP contribution in [0.1, 0.15) is 61.4 Å². The lowest BCUT2D eigenvalue weighted by atomic mass is 9.48. The van der Waals surface area contributed by atoms with E-state index in [2.05, 4.69) is 6.07 Å². The van der Waals surface area contributed by atoms with Crippen LogP contribution in [0.25, 0.3) is 0 Å². The zero-order valence-electron chi connectivity index (χ0n) is 15.5. The maximum Gasteiger partial charge on any atom is 0.315 e. The normalized spacial score (nSPS) is 33.3. The average molecular weight is 379 g/mol. The number of rotatable bonds is 7. The zero-order valence-corrected chi connectivity index (χ0v) is 16.3. The first-order valence-electron chi connectivity index (χ1n) is 9.68. The molecule has 0 amide bonds. The molecule has 4 fully saturated rings. The Morgan fingerprint density at radius 3 is 2.31 bits per heavy atom. The van der Waals surface area contributed by atoms with Crippen molar-refractivity contribution in [2.24, 2.45) is 17.8 Å². The van der Waals surface area contributed by atoms with Gasteiger partial charge in [-0.2, -0.15) is 0 Å². The zero-order chi connectivity index (χ0) is 18.3. The molecule has 5 heteroatoms. The second-order valence-electron chi connectivity index (χ2n) is 8.28. The Bertz CT molecular complexity index is 651. The van der Waals surface area contributed by atoms with E-state index in [0.717, 1.165) is 17.8 Å². The van der Waals surface area contributed by atoms with Crippen LogP contribution in [-0.4, -0.2) is 25.4 Å². The van der Waals surface area contributed by atoms with Gasteiger partial charge in [0.15, 0.2) is 0 Å². The minimum Gasteiger partial charge on any atom is -0.441 e. The first kappa shape index (κ1) is 18.3. The lowest BCUT2D eigenvalue weighted by molar-refractivity contribution is -0.231. The molecule has 4 bridgehead atoms. The summed E-state index contributed by atoms with van der Waals surface area (Å²) in [5.41, 5.74) is 1.80. The van der Waals surface area contributed by atoms with Gasteiger partial charge in [-0.05, 0) is 92.4 Å². The van der Waals surface area contributed by atoms with Crippen molar-refractivity contribution >= 4 is 16.8 Å². The minimum atomic E-state index is -0.784. The number of ether oxygens (including phenoxy) is 3. The Hall–Kier alpha value is -1.10. The van der Waals surface area contributed by atoms with Gasteiger partial charge >= 0.3 is 6.48 Å². The van der Waals surface area contributed by atoms with Crippen molar-refractivity contribution < 1.29 is 19.0 Å². The van der Waals surface area contributed by atoms with Gasteiger partial charge in [-0.1, -0.05) is 6.07 Å². The molecule has 0 N–H and O–H groups in total. The molecular formula is C21H27ClO4. The Morgan fingerprint density at radius 2 is 1.81 bits per heavy atom. The van der Waals surface area contributed by atoms with Gasteiger partial charge in [0.05, 0.1) is 6.61 Å². The molecule has 4 saturated carbocycles. The Morgan fingerprint density at radius 1 is 1.19 bits per heavy atom. The van der Waals surface area contributed by atoms with Gasteiger partial charge in [0, 0.05) is 18.2 Å². The SMILES string of the molecule is CCOC(OC)Oc1cc(C(=O)Cl)ccc1C12CC3CC(CC(C3)C1)C2. The van der Waals surface area contributed by atoms with Crippen molar-refractivity contribution in [3.8, 4) is 5.75 Å². The fourth-order valence-electron chi connectivity index (χ4n) is 6.01. The fraction of sp³-hybridized carbons (Fsp3) is 0.667. The molecule has 5 rings (SSSR count). The number of carbonyl (C=O) groups is 1. The van der Waals surface area contributed by atoms with Crippen molar-refractivity contribution in [3.63, 3.8) is 0 Å². The number of halogens is 1. The lowest BCUT2D eigenvalue weighted by Gasteiger charge is -2.57. The summed E-state index contributed by atoms with van der Waals surface area (Å²) in [6, 6.07) is 5.64. The van der Waals surface area contributed by atoms with E-state index in [-0.39, 0.29) is 5.41 Å². The van der Waals surface area contributed by atoms with Crippen LogP contribution in [0.4, 0.5) is 0 Å². The molecule has 1 aromatic carbocycles. The number of hydrogen-bond donors (Lipinski definition) is 0. The third-order valence-electron chi connectivity index (χ3n) is 6.54. The predicted octanol–water partition coefficient (Wildman–Crippen LogP) is 4.88. The molecule has 0 aliphatic heterocycles. The predicted molar refractivity (Wildman–Crippen MR) is 99.5 cm³/mol. The van der Waals surface area contributed by atoms with Crippen LogP contribution in [0, 0.1) is 17.8 Å². The topological polar surface area (TPSA) is 44.8 Å². The van der Waals surface area contributed by atoms with Gasteiger partial charge in [-0.15, -0.1) is 0 Å². The van der Waals surface area contributed by atoms with Gasteiger partial charge in [0.1, 0.15) is 5.75 Å². The van der Waals surface area contributed by atoms with Crippen LogP contribution < -0.4 is 4.74 Å². The number of benzene rings is 1. The summed E-state index contributed by atoms with van der Waals surface area (Å²) in [6.45, 7) is 1.60. The first-order chi connectivity index (χ1) is 12.5. The van der Waals surface area contributed by atoms with E-state index in [1.165, 1.54) is 44.1 Å². The van der Waals surface area contributed by atoms with E-state index in [1.807, 2.05) is 13.0 Å². The summed E-state index contributed by atoms with van der Waals surface area (Å²) in [6.07, 6.45) is 7.80. The van der Waals surface area contributed by atoms with Crippen molar-refractivity contribution in [3.05, 3.63) is 29.3 Å². The van der Waals surface area contributed by atoms with Crippen LogP contribution in [0.2, 0.25) is 0 Å². The molecule has 1 aromatic rings. The minimum absolute atomic E-state index is 0.155. The summed E-state index contributed by atoms with van der Waals surface area (Å²) in [5.74, 6) is 3.16. The highest BCUT2D eigenvalue weighted by Crippen LogP contribution is 2.62. The van der Waals surface area contributed by atoms with Gasteiger partial charge in [0.25, 0.3) is 5.24 Å². The van der Waals surface area contributed by atoms with Gasteiger partial charge in [-0.3, -0.25) is 4.79 Å². The summed E-state index contributed by atoms with van der Waals surface area (Å²) in [5, 5.41) is -0.475. The van der Waals surface area contributed by atoms with Crippen LogP contribution in [-0.2, 0) is 14.9 Å². The summed E-state index contributed by atoms with van der Waals surface area (Å²) in [4.78, 5) is 11.7. The Balaban J connectivity index is 1.72. The van der Waals surface area contributed by atoms with E-state index < -0.39 is 11.7 Å². The molecule has 0 saturated heterocycles. The van der Waals surface area contributed by atoms with E-state index in [9.17, 15) is 4.79 Å². The highest BCUT2D eigenvalue weighted by atomic mass is 35.5. The smallest absolute Gasteiger partial charge is 0.315 e. The molecule has 0 aromatic heterocycles. The quantitative estimate of drug-likeness (QED) is 0.501. The van der Waals surface area contributed by atoms with Crippen LogP contribution in [0.15, 0.2) is 18.2 Å². The number of carbonyl (C=O) groups excluding carboxylic acids is 1. The molecule has 4 aliphatic rings. The van der Waals surface area contributed by atoms with Crippen molar-refractivity contribution in [2.45, 2.75) is 57.3 Å².